The van der Waals surface area contributed by atoms with E-state index < -0.39 is 21.4 Å². The van der Waals surface area contributed by atoms with Gasteiger partial charge in [-0.2, -0.15) is 4.31 Å². The molecule has 1 amide bonds. The van der Waals surface area contributed by atoms with Crippen LogP contribution in [0.1, 0.15) is 63.2 Å². The Morgan fingerprint density at radius 2 is 1.81 bits per heavy atom. The third kappa shape index (κ3) is 4.35. The molecule has 0 spiro atoms. The van der Waals surface area contributed by atoms with E-state index in [9.17, 15) is 18.0 Å². The molecule has 4 rings (SSSR count). The first kappa shape index (κ1) is 23.0. The molecule has 0 radical (unpaired) electrons. The number of benzene rings is 1. The molecule has 8 heteroatoms. The molecule has 1 aromatic carbocycles. The Morgan fingerprint density at radius 3 is 2.53 bits per heavy atom. The molecule has 0 bridgehead atoms. The quantitative estimate of drug-likeness (QED) is 0.731. The Labute approximate surface area is 189 Å². The maximum atomic E-state index is 13.2. The van der Waals surface area contributed by atoms with Crippen LogP contribution in [0.3, 0.4) is 0 Å². The first-order chi connectivity index (χ1) is 15.2. The molecule has 3 atom stereocenters. The van der Waals surface area contributed by atoms with E-state index in [2.05, 4.69) is 31.1 Å². The molecule has 32 heavy (non-hydrogen) atoms. The third-order valence-electron chi connectivity index (χ3n) is 7.50. The number of rotatable bonds is 4. The summed E-state index contributed by atoms with van der Waals surface area (Å²) in [6.07, 6.45) is 6.20. The topological polar surface area (TPSA) is 99.3 Å². The minimum Gasteiger partial charge on any atom is -0.360 e. The van der Waals surface area contributed by atoms with Crippen molar-refractivity contribution in [3.8, 4) is 0 Å². The number of H-pyrrole nitrogens is 1. The SMILES string of the molecule is CC1CCN(S(=O)(=O)c2ccc3[nH]cc(C(=O)NC4CCCC(C)C4C)c(=O)c3c2)CC1. The Kier molecular flexibility index (Phi) is 6.45. The lowest BCUT2D eigenvalue weighted by molar-refractivity contribution is 0.0890. The van der Waals surface area contributed by atoms with E-state index in [-0.39, 0.29) is 21.9 Å². The zero-order valence-corrected chi connectivity index (χ0v) is 19.9. The Bertz CT molecular complexity index is 1170. The lowest BCUT2D eigenvalue weighted by Crippen LogP contribution is -2.44. The van der Waals surface area contributed by atoms with Crippen molar-refractivity contribution in [2.45, 2.75) is 63.8 Å². The van der Waals surface area contributed by atoms with Crippen molar-refractivity contribution >= 4 is 26.8 Å². The van der Waals surface area contributed by atoms with Crippen molar-refractivity contribution in [1.82, 2.24) is 14.6 Å². The van der Waals surface area contributed by atoms with Crippen LogP contribution in [0.15, 0.2) is 34.1 Å². The normalized spacial score (nSPS) is 25.7. The lowest BCUT2D eigenvalue weighted by atomic mass is 9.78. The smallest absolute Gasteiger partial charge is 0.256 e. The van der Waals surface area contributed by atoms with Gasteiger partial charge in [0, 0.05) is 36.2 Å². The summed E-state index contributed by atoms with van der Waals surface area (Å²) >= 11 is 0. The predicted octanol–water partition coefficient (Wildman–Crippen LogP) is 3.50. The summed E-state index contributed by atoms with van der Waals surface area (Å²) in [7, 11) is -3.68. The highest BCUT2D eigenvalue weighted by molar-refractivity contribution is 7.89. The minimum absolute atomic E-state index is 0.0178. The summed E-state index contributed by atoms with van der Waals surface area (Å²) in [6.45, 7) is 7.42. The number of fused-ring (bicyclic) bond motifs is 1. The van der Waals surface area contributed by atoms with Crippen molar-refractivity contribution in [3.05, 3.63) is 40.2 Å². The van der Waals surface area contributed by atoms with Gasteiger partial charge in [0.05, 0.1) is 4.90 Å². The second-order valence-electron chi connectivity index (χ2n) is 9.67. The predicted molar refractivity (Wildman–Crippen MR) is 125 cm³/mol. The van der Waals surface area contributed by atoms with Gasteiger partial charge in [-0.25, -0.2) is 8.42 Å². The Hall–Kier alpha value is -2.19. The van der Waals surface area contributed by atoms with Gasteiger partial charge in [0.2, 0.25) is 15.5 Å². The highest BCUT2D eigenvalue weighted by atomic mass is 32.2. The van der Waals surface area contributed by atoms with Crippen LogP contribution in [0.25, 0.3) is 10.9 Å². The average molecular weight is 460 g/mol. The van der Waals surface area contributed by atoms with Gasteiger partial charge in [-0.05, 0) is 55.2 Å². The summed E-state index contributed by atoms with van der Waals surface area (Å²) in [6, 6.07) is 4.57. The molecule has 1 saturated heterocycles. The molecule has 1 aromatic heterocycles. The average Bonchev–Trinajstić information content (AvgIpc) is 2.77. The van der Waals surface area contributed by atoms with Crippen molar-refractivity contribution in [2.24, 2.45) is 17.8 Å². The van der Waals surface area contributed by atoms with E-state index in [1.807, 2.05) is 0 Å². The molecule has 1 aliphatic carbocycles. The van der Waals surface area contributed by atoms with Gasteiger partial charge in [-0.1, -0.05) is 33.6 Å². The molecular weight excluding hydrogens is 426 g/mol. The summed E-state index contributed by atoms with van der Waals surface area (Å²) in [5.74, 6) is 0.972. The van der Waals surface area contributed by atoms with Crippen LogP contribution >= 0.6 is 0 Å². The Balaban J connectivity index is 1.63. The number of nitrogens with one attached hydrogen (secondary N) is 2. The molecule has 7 nitrogen and oxygen atoms in total. The number of hydrogen-bond acceptors (Lipinski definition) is 4. The van der Waals surface area contributed by atoms with Gasteiger partial charge in [-0.3, -0.25) is 9.59 Å². The molecular formula is C24H33N3O4S. The number of hydrogen-bond donors (Lipinski definition) is 2. The van der Waals surface area contributed by atoms with E-state index in [0.717, 1.165) is 32.1 Å². The van der Waals surface area contributed by atoms with Crippen molar-refractivity contribution < 1.29 is 13.2 Å². The molecule has 2 N–H and O–H groups in total. The van der Waals surface area contributed by atoms with E-state index >= 15 is 0 Å². The molecule has 2 aliphatic rings. The van der Waals surface area contributed by atoms with Crippen LogP contribution in [-0.4, -0.2) is 42.7 Å². The minimum atomic E-state index is -3.68. The van der Waals surface area contributed by atoms with Crippen molar-refractivity contribution in [3.63, 3.8) is 0 Å². The number of carbonyl (C=O) groups is 1. The first-order valence-corrected chi connectivity index (χ1v) is 13.1. The summed E-state index contributed by atoms with van der Waals surface area (Å²) in [4.78, 5) is 29.2. The number of piperidine rings is 1. The second kappa shape index (κ2) is 8.98. The van der Waals surface area contributed by atoms with Crippen LogP contribution in [0.5, 0.6) is 0 Å². The van der Waals surface area contributed by atoms with Gasteiger partial charge in [-0.15, -0.1) is 0 Å². The zero-order chi connectivity index (χ0) is 23.0. The number of pyridine rings is 1. The first-order valence-electron chi connectivity index (χ1n) is 11.6. The van der Waals surface area contributed by atoms with Gasteiger partial charge in [0.1, 0.15) is 5.56 Å². The van der Waals surface area contributed by atoms with Crippen molar-refractivity contribution in [1.29, 1.82) is 0 Å². The molecule has 2 fully saturated rings. The number of carbonyl (C=O) groups excluding carboxylic acids is 1. The van der Waals surface area contributed by atoms with Crippen LogP contribution in [0.4, 0.5) is 0 Å². The second-order valence-corrected chi connectivity index (χ2v) is 11.6. The van der Waals surface area contributed by atoms with E-state index in [4.69, 9.17) is 0 Å². The van der Waals surface area contributed by atoms with Gasteiger partial charge in [0.15, 0.2) is 0 Å². The Morgan fingerprint density at radius 1 is 1.09 bits per heavy atom. The fourth-order valence-electron chi connectivity index (χ4n) is 4.93. The highest BCUT2D eigenvalue weighted by Gasteiger charge is 2.30. The highest BCUT2D eigenvalue weighted by Crippen LogP contribution is 2.30. The molecule has 1 saturated carbocycles. The number of sulfonamides is 1. The van der Waals surface area contributed by atoms with Gasteiger partial charge in [0.25, 0.3) is 5.91 Å². The number of aromatic nitrogens is 1. The third-order valence-corrected chi connectivity index (χ3v) is 9.40. The summed E-state index contributed by atoms with van der Waals surface area (Å²) in [5, 5.41) is 3.25. The molecule has 174 valence electrons. The number of amides is 1. The molecule has 3 unspecified atom stereocenters. The van der Waals surface area contributed by atoms with Crippen LogP contribution in [-0.2, 0) is 10.0 Å². The van der Waals surface area contributed by atoms with E-state index in [0.29, 0.717) is 36.4 Å². The number of aromatic amines is 1. The lowest BCUT2D eigenvalue weighted by Gasteiger charge is -2.34. The van der Waals surface area contributed by atoms with Crippen LogP contribution < -0.4 is 10.7 Å². The molecule has 2 heterocycles. The maximum absolute atomic E-state index is 13.2. The van der Waals surface area contributed by atoms with E-state index in [1.165, 1.54) is 22.6 Å². The van der Waals surface area contributed by atoms with E-state index in [1.54, 1.807) is 6.07 Å². The van der Waals surface area contributed by atoms with Gasteiger partial charge < -0.3 is 10.3 Å². The zero-order valence-electron chi connectivity index (χ0n) is 19.1. The maximum Gasteiger partial charge on any atom is 0.256 e. The number of nitrogens with zero attached hydrogens (tertiary/aromatic N) is 1. The van der Waals surface area contributed by atoms with Gasteiger partial charge >= 0.3 is 0 Å². The monoisotopic (exact) mass is 459 g/mol. The fourth-order valence-corrected chi connectivity index (χ4v) is 6.43. The molecule has 2 aromatic rings. The molecule has 1 aliphatic heterocycles. The van der Waals surface area contributed by atoms with Crippen LogP contribution in [0.2, 0.25) is 0 Å². The standard InChI is InChI=1S/C24H33N3O4S/c1-15-9-11-27(12-10-15)32(30,31)18-7-8-22-19(13-18)23(28)20(14-25-22)24(29)26-21-6-4-5-16(2)17(21)3/h7-8,13-17,21H,4-6,9-12H2,1-3H3,(H,25,28)(H,26,29). The largest absolute Gasteiger partial charge is 0.360 e. The summed E-state index contributed by atoms with van der Waals surface area (Å²) < 4.78 is 27.8. The van der Waals surface area contributed by atoms with Crippen LogP contribution in [0, 0.1) is 17.8 Å². The summed E-state index contributed by atoms with van der Waals surface area (Å²) in [5.41, 5.74) is 0.0822. The van der Waals surface area contributed by atoms with Crippen molar-refractivity contribution in [2.75, 3.05) is 13.1 Å². The fraction of sp³-hybridized carbons (Fsp3) is 0.583.